The maximum Gasteiger partial charge on any atom is 0.438 e. The lowest BCUT2D eigenvalue weighted by Gasteiger charge is -2.32. The molecule has 0 radical (unpaired) electrons. The van der Waals surface area contributed by atoms with Gasteiger partial charge in [0.25, 0.3) is 5.72 Å². The van der Waals surface area contributed by atoms with Gasteiger partial charge in [0.1, 0.15) is 0 Å². The van der Waals surface area contributed by atoms with Gasteiger partial charge in [-0.15, -0.1) is 0 Å². The molecule has 1 aromatic carbocycles. The van der Waals surface area contributed by atoms with Crippen LogP contribution in [-0.4, -0.2) is 27.7 Å². The number of hydrogen-bond acceptors (Lipinski definition) is 5. The van der Waals surface area contributed by atoms with Crippen molar-refractivity contribution >= 4 is 32.4 Å². The minimum Gasteiger partial charge on any atom is -0.362 e. The van der Waals surface area contributed by atoms with E-state index in [4.69, 9.17) is 0 Å². The van der Waals surface area contributed by atoms with E-state index in [0.717, 1.165) is 16.0 Å². The zero-order valence-electron chi connectivity index (χ0n) is 10.3. The molecule has 4 nitrogen and oxygen atoms in total. The van der Waals surface area contributed by atoms with Crippen molar-refractivity contribution in [1.82, 2.24) is 4.98 Å². The van der Waals surface area contributed by atoms with Crippen LogP contribution in [0.2, 0.25) is 0 Å². The summed E-state index contributed by atoms with van der Waals surface area (Å²) in [6, 6.07) is 6.99. The van der Waals surface area contributed by atoms with Crippen LogP contribution < -0.4 is 5.01 Å². The number of hydrazone groups is 1. The van der Waals surface area contributed by atoms with Gasteiger partial charge in [0.2, 0.25) is 5.13 Å². The predicted octanol–water partition coefficient (Wildman–Crippen LogP) is 3.13. The largest absolute Gasteiger partial charge is 0.438 e. The number of thiazole rings is 1. The summed E-state index contributed by atoms with van der Waals surface area (Å²) in [4.78, 5) is 4.12. The Bertz CT molecular complexity index is 664. The van der Waals surface area contributed by atoms with E-state index in [1.807, 2.05) is 0 Å². The Balaban J connectivity index is 2.11. The standard InChI is InChI=1S/C12H10F3N3OS/c1-7-6-11(19,12(13,14)15)18(17-7)10-16-8-4-2-3-5-9(8)20-10/h2-5,19H,6H2,1H3/t11-/m1/s1. The van der Waals surface area contributed by atoms with Crippen LogP contribution in [0.5, 0.6) is 0 Å². The first-order valence-electron chi connectivity index (χ1n) is 5.80. The lowest BCUT2D eigenvalue weighted by molar-refractivity contribution is -0.254. The normalized spacial score (nSPS) is 23.4. The fraction of sp³-hybridized carbons (Fsp3) is 0.333. The summed E-state index contributed by atoms with van der Waals surface area (Å²) < 4.78 is 40.1. The molecule has 8 heteroatoms. The van der Waals surface area contributed by atoms with Crippen molar-refractivity contribution in [3.63, 3.8) is 0 Å². The summed E-state index contributed by atoms with van der Waals surface area (Å²) in [5, 5.41) is 14.4. The maximum absolute atomic E-state index is 13.1. The molecule has 1 aliphatic heterocycles. The Hall–Kier alpha value is -1.67. The first kappa shape index (κ1) is 13.3. The van der Waals surface area contributed by atoms with E-state index in [-0.39, 0.29) is 10.8 Å². The van der Waals surface area contributed by atoms with Gasteiger partial charge in [-0.1, -0.05) is 23.5 Å². The van der Waals surface area contributed by atoms with Gasteiger partial charge in [0.05, 0.1) is 10.2 Å². The second kappa shape index (κ2) is 4.16. The molecule has 2 heterocycles. The Kier molecular flexibility index (Phi) is 2.77. The zero-order valence-corrected chi connectivity index (χ0v) is 11.2. The van der Waals surface area contributed by atoms with Crippen LogP contribution in [0.4, 0.5) is 18.3 Å². The molecule has 1 aliphatic rings. The second-order valence-corrected chi connectivity index (χ2v) is 5.61. The van der Waals surface area contributed by atoms with Gasteiger partial charge >= 0.3 is 6.18 Å². The number of anilines is 1. The van der Waals surface area contributed by atoms with Crippen LogP contribution in [0.1, 0.15) is 13.3 Å². The molecule has 106 valence electrons. The fourth-order valence-electron chi connectivity index (χ4n) is 2.09. The van der Waals surface area contributed by atoms with E-state index in [9.17, 15) is 18.3 Å². The molecule has 0 saturated carbocycles. The molecule has 0 unspecified atom stereocenters. The zero-order chi connectivity index (χ0) is 14.5. The van der Waals surface area contributed by atoms with Gasteiger partial charge < -0.3 is 5.11 Å². The van der Waals surface area contributed by atoms with Gasteiger partial charge in [-0.3, -0.25) is 0 Å². The third kappa shape index (κ3) is 1.87. The van der Waals surface area contributed by atoms with Crippen molar-refractivity contribution in [1.29, 1.82) is 0 Å². The van der Waals surface area contributed by atoms with Gasteiger partial charge in [-0.25, -0.2) is 4.98 Å². The molecule has 0 fully saturated rings. The summed E-state index contributed by atoms with van der Waals surface area (Å²) in [7, 11) is 0. The third-order valence-electron chi connectivity index (χ3n) is 3.04. The Morgan fingerprint density at radius 2 is 2.05 bits per heavy atom. The number of benzene rings is 1. The van der Waals surface area contributed by atoms with Crippen molar-refractivity contribution in [3.8, 4) is 0 Å². The fourth-order valence-corrected chi connectivity index (χ4v) is 3.08. The van der Waals surface area contributed by atoms with E-state index >= 15 is 0 Å². The lowest BCUT2D eigenvalue weighted by Crippen LogP contribution is -2.55. The highest BCUT2D eigenvalue weighted by Crippen LogP contribution is 2.44. The van der Waals surface area contributed by atoms with Gasteiger partial charge in [0, 0.05) is 12.1 Å². The van der Waals surface area contributed by atoms with E-state index in [2.05, 4.69) is 10.1 Å². The summed E-state index contributed by atoms with van der Waals surface area (Å²) in [6.45, 7) is 1.45. The minimum atomic E-state index is -4.81. The molecule has 0 spiro atoms. The molecular weight excluding hydrogens is 291 g/mol. The summed E-state index contributed by atoms with van der Waals surface area (Å²) in [5.41, 5.74) is -2.23. The average molecular weight is 301 g/mol. The summed E-state index contributed by atoms with van der Waals surface area (Å²) >= 11 is 1.06. The highest BCUT2D eigenvalue weighted by atomic mass is 32.1. The molecule has 3 rings (SSSR count). The molecule has 20 heavy (non-hydrogen) atoms. The van der Waals surface area contributed by atoms with Gasteiger partial charge in [-0.2, -0.15) is 23.3 Å². The third-order valence-corrected chi connectivity index (χ3v) is 4.05. The first-order valence-corrected chi connectivity index (χ1v) is 6.62. The number of nitrogens with zero attached hydrogens (tertiary/aromatic N) is 3. The van der Waals surface area contributed by atoms with Gasteiger partial charge in [-0.05, 0) is 19.1 Å². The highest BCUT2D eigenvalue weighted by Gasteiger charge is 2.62. The molecule has 0 bridgehead atoms. The molecule has 1 N–H and O–H groups in total. The predicted molar refractivity (Wildman–Crippen MR) is 70.8 cm³/mol. The first-order chi connectivity index (χ1) is 9.31. The molecular formula is C12H10F3N3OS. The average Bonchev–Trinajstić information content (AvgIpc) is 2.89. The maximum atomic E-state index is 13.1. The molecule has 1 aromatic heterocycles. The van der Waals surface area contributed by atoms with E-state index < -0.39 is 18.3 Å². The van der Waals surface area contributed by atoms with Crippen LogP contribution in [0.15, 0.2) is 29.4 Å². The molecule has 0 amide bonds. The number of alkyl halides is 3. The van der Waals surface area contributed by atoms with Crippen molar-refractivity contribution in [2.75, 3.05) is 5.01 Å². The quantitative estimate of drug-likeness (QED) is 0.880. The van der Waals surface area contributed by atoms with E-state index in [1.165, 1.54) is 6.92 Å². The SMILES string of the molecule is CC1=NN(c2nc3ccccc3s2)[C@](O)(C(F)(F)F)C1. The lowest BCUT2D eigenvalue weighted by atomic mass is 10.1. The molecule has 1 atom stereocenters. The van der Waals surface area contributed by atoms with Crippen LogP contribution in [0, 0.1) is 0 Å². The van der Waals surface area contributed by atoms with Crippen molar-refractivity contribution in [2.24, 2.45) is 5.10 Å². The molecule has 2 aromatic rings. The number of fused-ring (bicyclic) bond motifs is 1. The van der Waals surface area contributed by atoms with Crippen molar-refractivity contribution < 1.29 is 18.3 Å². The second-order valence-electron chi connectivity index (χ2n) is 4.60. The summed E-state index contributed by atoms with van der Waals surface area (Å²) in [5.74, 6) is 0. The topological polar surface area (TPSA) is 48.7 Å². The number of halogens is 3. The Labute approximate surface area is 116 Å². The van der Waals surface area contributed by atoms with Crippen LogP contribution in [0.25, 0.3) is 10.2 Å². The summed E-state index contributed by atoms with van der Waals surface area (Å²) in [6.07, 6.45) is -5.39. The number of rotatable bonds is 1. The van der Waals surface area contributed by atoms with E-state index in [0.29, 0.717) is 10.5 Å². The Morgan fingerprint density at radius 1 is 1.35 bits per heavy atom. The Morgan fingerprint density at radius 3 is 2.70 bits per heavy atom. The highest BCUT2D eigenvalue weighted by molar-refractivity contribution is 7.22. The number of hydrogen-bond donors (Lipinski definition) is 1. The van der Waals surface area contributed by atoms with E-state index in [1.54, 1.807) is 24.3 Å². The van der Waals surface area contributed by atoms with Crippen LogP contribution in [-0.2, 0) is 0 Å². The number of aromatic nitrogens is 1. The van der Waals surface area contributed by atoms with Crippen molar-refractivity contribution in [2.45, 2.75) is 25.2 Å². The minimum absolute atomic E-state index is 0.0304. The molecule has 0 aliphatic carbocycles. The van der Waals surface area contributed by atoms with Crippen LogP contribution in [0.3, 0.4) is 0 Å². The number of para-hydroxylation sites is 1. The monoisotopic (exact) mass is 301 g/mol. The van der Waals surface area contributed by atoms with Crippen molar-refractivity contribution in [3.05, 3.63) is 24.3 Å². The van der Waals surface area contributed by atoms with Crippen LogP contribution >= 0.6 is 11.3 Å². The molecule has 0 saturated heterocycles. The smallest absolute Gasteiger partial charge is 0.362 e. The number of aliphatic hydroxyl groups is 1. The van der Waals surface area contributed by atoms with Gasteiger partial charge in [0.15, 0.2) is 0 Å².